The van der Waals surface area contributed by atoms with Crippen LogP contribution in [0.25, 0.3) is 0 Å². The van der Waals surface area contributed by atoms with Gasteiger partial charge in [-0.05, 0) is 19.3 Å². The van der Waals surface area contributed by atoms with E-state index in [-0.39, 0.29) is 0 Å². The molecule has 2 saturated heterocycles. The van der Waals surface area contributed by atoms with E-state index in [1.807, 2.05) is 11.8 Å². The summed E-state index contributed by atoms with van der Waals surface area (Å²) in [5.41, 5.74) is 0. The minimum Gasteiger partial charge on any atom is -0.378 e. The van der Waals surface area contributed by atoms with Crippen LogP contribution in [0.1, 0.15) is 32.6 Å². The number of likely N-dealkylation sites (tertiary alicyclic amines) is 1. The highest BCUT2D eigenvalue weighted by molar-refractivity contribution is 5.75. The molecule has 80 valence electrons. The lowest BCUT2D eigenvalue weighted by Crippen LogP contribution is -2.48. The fourth-order valence-corrected chi connectivity index (χ4v) is 2.54. The second-order valence-electron chi connectivity index (χ2n) is 4.29. The Balaban J connectivity index is 1.92. The predicted octanol–water partition coefficient (Wildman–Crippen LogP) is 1.42. The fourth-order valence-electron chi connectivity index (χ4n) is 2.54. The highest BCUT2D eigenvalue weighted by Gasteiger charge is 2.33. The zero-order chi connectivity index (χ0) is 9.97. The van der Waals surface area contributed by atoms with Gasteiger partial charge in [-0.3, -0.25) is 4.79 Å². The minimum atomic E-state index is 0.300. The Kier molecular flexibility index (Phi) is 3.06. The van der Waals surface area contributed by atoms with Gasteiger partial charge in [-0.25, -0.2) is 0 Å². The minimum absolute atomic E-state index is 0.300. The van der Waals surface area contributed by atoms with E-state index in [1.165, 1.54) is 6.42 Å². The number of ether oxygens (including phenoxy) is 1. The molecule has 2 aliphatic heterocycles. The lowest BCUT2D eigenvalue weighted by Gasteiger charge is -2.41. The second kappa shape index (κ2) is 4.30. The van der Waals surface area contributed by atoms with Crippen LogP contribution in [0.3, 0.4) is 0 Å². The maximum Gasteiger partial charge on any atom is 0.222 e. The topological polar surface area (TPSA) is 29.5 Å². The van der Waals surface area contributed by atoms with Gasteiger partial charge in [-0.2, -0.15) is 0 Å². The average molecular weight is 197 g/mol. The molecule has 0 aromatic rings. The molecule has 14 heavy (non-hydrogen) atoms. The summed E-state index contributed by atoms with van der Waals surface area (Å²) in [6.07, 6.45) is 4.51. The normalized spacial score (nSPS) is 32.5. The van der Waals surface area contributed by atoms with Gasteiger partial charge in [0.05, 0.1) is 6.10 Å². The number of piperidine rings is 1. The lowest BCUT2D eigenvalue weighted by molar-refractivity contribution is -0.138. The Bertz CT molecular complexity index is 217. The number of nitrogens with zero attached hydrogens (tertiary/aromatic N) is 1. The molecule has 0 bridgehead atoms. The molecular weight excluding hydrogens is 178 g/mol. The van der Waals surface area contributed by atoms with Gasteiger partial charge in [-0.15, -0.1) is 0 Å². The largest absolute Gasteiger partial charge is 0.378 e. The summed E-state index contributed by atoms with van der Waals surface area (Å²) in [7, 11) is 0. The molecule has 2 aliphatic rings. The van der Waals surface area contributed by atoms with Gasteiger partial charge in [0.25, 0.3) is 0 Å². The summed E-state index contributed by atoms with van der Waals surface area (Å²) in [5.74, 6) is 0.905. The van der Waals surface area contributed by atoms with Crippen LogP contribution in [0.2, 0.25) is 0 Å². The van der Waals surface area contributed by atoms with Crippen LogP contribution in [0.4, 0.5) is 0 Å². The summed E-state index contributed by atoms with van der Waals surface area (Å²) < 4.78 is 5.71. The highest BCUT2D eigenvalue weighted by Crippen LogP contribution is 2.28. The monoisotopic (exact) mass is 197 g/mol. The standard InChI is InChI=1S/C11H19NO2/c1-2-11(13)12-6-5-10-9(8-12)4-3-7-14-10/h9-10H,2-8H2,1H3. The Labute approximate surface area is 85.4 Å². The number of hydrogen-bond acceptors (Lipinski definition) is 2. The molecule has 2 fully saturated rings. The van der Waals surface area contributed by atoms with Crippen LogP contribution in [0.5, 0.6) is 0 Å². The average Bonchev–Trinajstić information content (AvgIpc) is 2.27. The summed E-state index contributed by atoms with van der Waals surface area (Å²) in [6.45, 7) is 4.68. The van der Waals surface area contributed by atoms with Crippen molar-refractivity contribution >= 4 is 5.91 Å². The number of hydrogen-bond donors (Lipinski definition) is 0. The summed E-state index contributed by atoms with van der Waals surface area (Å²) in [6, 6.07) is 0. The van der Waals surface area contributed by atoms with E-state index in [9.17, 15) is 4.79 Å². The van der Waals surface area contributed by atoms with E-state index in [4.69, 9.17) is 4.74 Å². The van der Waals surface area contributed by atoms with Gasteiger partial charge in [-0.1, -0.05) is 6.92 Å². The first-order valence-electron chi connectivity index (χ1n) is 5.70. The number of fused-ring (bicyclic) bond motifs is 1. The summed E-state index contributed by atoms with van der Waals surface area (Å²) >= 11 is 0. The molecular formula is C11H19NO2. The van der Waals surface area contributed by atoms with Gasteiger partial charge in [0.15, 0.2) is 0 Å². The van der Waals surface area contributed by atoms with E-state index in [0.717, 1.165) is 32.5 Å². The van der Waals surface area contributed by atoms with Gasteiger partial charge in [0, 0.05) is 32.0 Å². The number of carbonyl (C=O) groups excluding carboxylic acids is 1. The maximum atomic E-state index is 11.5. The molecule has 0 radical (unpaired) electrons. The van der Waals surface area contributed by atoms with Crippen molar-refractivity contribution in [2.75, 3.05) is 19.7 Å². The van der Waals surface area contributed by atoms with Crippen molar-refractivity contribution < 1.29 is 9.53 Å². The van der Waals surface area contributed by atoms with Crippen LogP contribution in [-0.4, -0.2) is 36.6 Å². The van der Waals surface area contributed by atoms with Crippen LogP contribution >= 0.6 is 0 Å². The molecule has 3 heteroatoms. The van der Waals surface area contributed by atoms with Gasteiger partial charge in [0.1, 0.15) is 0 Å². The number of amides is 1. The molecule has 1 amide bonds. The molecule has 2 unspecified atom stereocenters. The molecule has 2 rings (SSSR count). The van der Waals surface area contributed by atoms with Crippen LogP contribution in [0.15, 0.2) is 0 Å². The zero-order valence-electron chi connectivity index (χ0n) is 8.87. The molecule has 0 spiro atoms. The Morgan fingerprint density at radius 2 is 2.36 bits per heavy atom. The Hall–Kier alpha value is -0.570. The first-order chi connectivity index (χ1) is 6.81. The van der Waals surface area contributed by atoms with Crippen molar-refractivity contribution in [1.82, 2.24) is 4.90 Å². The first-order valence-corrected chi connectivity index (χ1v) is 5.70. The molecule has 0 aliphatic carbocycles. The van der Waals surface area contributed by atoms with E-state index in [1.54, 1.807) is 0 Å². The number of carbonyl (C=O) groups is 1. The molecule has 2 atom stereocenters. The third-order valence-electron chi connectivity index (χ3n) is 3.37. The third-order valence-corrected chi connectivity index (χ3v) is 3.37. The molecule has 0 aromatic carbocycles. The van der Waals surface area contributed by atoms with Crippen molar-refractivity contribution in [3.05, 3.63) is 0 Å². The van der Waals surface area contributed by atoms with E-state index < -0.39 is 0 Å². The maximum absolute atomic E-state index is 11.5. The Morgan fingerprint density at radius 3 is 3.14 bits per heavy atom. The molecule has 0 saturated carbocycles. The van der Waals surface area contributed by atoms with Gasteiger partial charge < -0.3 is 9.64 Å². The van der Waals surface area contributed by atoms with Crippen molar-refractivity contribution in [3.8, 4) is 0 Å². The SMILES string of the molecule is CCC(=O)N1CCC2OCCCC2C1. The van der Waals surface area contributed by atoms with Crippen molar-refractivity contribution in [2.45, 2.75) is 38.7 Å². The van der Waals surface area contributed by atoms with Gasteiger partial charge >= 0.3 is 0 Å². The van der Waals surface area contributed by atoms with Crippen molar-refractivity contribution in [2.24, 2.45) is 5.92 Å². The molecule has 0 aromatic heterocycles. The smallest absolute Gasteiger partial charge is 0.222 e. The highest BCUT2D eigenvalue weighted by atomic mass is 16.5. The summed E-state index contributed by atoms with van der Waals surface area (Å²) in [5, 5.41) is 0. The quantitative estimate of drug-likeness (QED) is 0.636. The lowest BCUT2D eigenvalue weighted by atomic mass is 9.88. The molecule has 2 heterocycles. The van der Waals surface area contributed by atoms with E-state index >= 15 is 0 Å². The Morgan fingerprint density at radius 1 is 1.50 bits per heavy atom. The molecule has 3 nitrogen and oxygen atoms in total. The van der Waals surface area contributed by atoms with E-state index in [2.05, 4.69) is 0 Å². The summed E-state index contributed by atoms with van der Waals surface area (Å²) in [4.78, 5) is 13.5. The fraction of sp³-hybridized carbons (Fsp3) is 0.909. The van der Waals surface area contributed by atoms with Crippen LogP contribution in [-0.2, 0) is 9.53 Å². The van der Waals surface area contributed by atoms with Crippen molar-refractivity contribution in [3.63, 3.8) is 0 Å². The van der Waals surface area contributed by atoms with E-state index in [0.29, 0.717) is 24.3 Å². The van der Waals surface area contributed by atoms with Crippen LogP contribution in [0, 0.1) is 5.92 Å². The number of rotatable bonds is 1. The second-order valence-corrected chi connectivity index (χ2v) is 4.29. The predicted molar refractivity (Wildman–Crippen MR) is 54.0 cm³/mol. The zero-order valence-corrected chi connectivity index (χ0v) is 8.87. The molecule has 0 N–H and O–H groups in total. The van der Waals surface area contributed by atoms with Gasteiger partial charge in [0.2, 0.25) is 5.91 Å². The third kappa shape index (κ3) is 1.92. The van der Waals surface area contributed by atoms with Crippen LogP contribution < -0.4 is 0 Å². The van der Waals surface area contributed by atoms with Crippen molar-refractivity contribution in [1.29, 1.82) is 0 Å². The first kappa shape index (κ1) is 9.97.